The lowest BCUT2D eigenvalue weighted by Crippen LogP contribution is -2.59. The third-order valence-corrected chi connectivity index (χ3v) is 16.3. The number of hydrogen-bond acceptors (Lipinski definition) is 4. The van der Waals surface area contributed by atoms with Crippen LogP contribution < -0.4 is 26.6 Å². The molecule has 0 radical (unpaired) electrons. The third kappa shape index (κ3) is 6.05. The smallest absolute Gasteiger partial charge is 0.243 e. The quantitative estimate of drug-likeness (QED) is 0.0790. The van der Waals surface area contributed by atoms with Crippen LogP contribution in [0.1, 0.15) is 79.1 Å². The van der Waals surface area contributed by atoms with Gasteiger partial charge in [0.05, 0.1) is 44.1 Å². The number of rotatable bonds is 13. The number of halogens is 2. The Hall–Kier alpha value is -1.34. The van der Waals surface area contributed by atoms with Gasteiger partial charge >= 0.3 is 0 Å². The maximum atomic E-state index is 14.6. The SMILES string of the molecule is CCCCn1c2c(n(CCCC)c1=S)P1c3c(n(CCCC)c(=S)n3CCCC)P2[C@@H]2C(=O)N(c3ccccc3)C(=O)[C@@H]21.ClCCl. The van der Waals surface area contributed by atoms with E-state index in [-0.39, 0.29) is 28.5 Å². The Morgan fingerprint density at radius 2 is 0.913 bits per heavy atom. The van der Waals surface area contributed by atoms with E-state index in [9.17, 15) is 9.59 Å². The molecule has 7 nitrogen and oxygen atoms in total. The fraction of sp³-hybridized carbons (Fsp3) is 0.576. The van der Waals surface area contributed by atoms with Crippen molar-refractivity contribution in [1.82, 2.24) is 18.3 Å². The molecule has 0 unspecified atom stereocenters. The molecule has 2 amide bonds. The lowest BCUT2D eigenvalue weighted by atomic mass is 10.3. The molecule has 250 valence electrons. The number of imidazole rings is 2. The first-order valence-corrected chi connectivity index (χ1v) is 21.3. The summed E-state index contributed by atoms with van der Waals surface area (Å²) in [5.74, 6) is -0.0840. The van der Waals surface area contributed by atoms with Gasteiger partial charge in [0.15, 0.2) is 9.54 Å². The second-order valence-electron chi connectivity index (χ2n) is 12.0. The average Bonchev–Trinajstić information content (AvgIpc) is 3.61. The highest BCUT2D eigenvalue weighted by Crippen LogP contribution is 2.64. The lowest BCUT2D eigenvalue weighted by molar-refractivity contribution is -0.121. The van der Waals surface area contributed by atoms with E-state index in [4.69, 9.17) is 47.6 Å². The molecular weight excluding hydrogens is 695 g/mol. The lowest BCUT2D eigenvalue weighted by Gasteiger charge is -2.44. The Balaban J connectivity index is 0.00000134. The Morgan fingerprint density at radius 3 is 1.20 bits per heavy atom. The van der Waals surface area contributed by atoms with Gasteiger partial charge in [-0.15, -0.1) is 23.2 Å². The van der Waals surface area contributed by atoms with Crippen molar-refractivity contribution in [2.24, 2.45) is 0 Å². The molecule has 1 saturated heterocycles. The van der Waals surface area contributed by atoms with Gasteiger partial charge in [0.2, 0.25) is 11.8 Å². The Kier molecular flexibility index (Phi) is 12.4. The number of hydrogen-bond donors (Lipinski definition) is 0. The van der Waals surface area contributed by atoms with Crippen LogP contribution in [0.25, 0.3) is 0 Å². The van der Waals surface area contributed by atoms with Gasteiger partial charge in [0.25, 0.3) is 0 Å². The number of anilines is 1. The van der Waals surface area contributed by atoms with Gasteiger partial charge in [0.1, 0.15) is 0 Å². The second kappa shape index (κ2) is 15.9. The summed E-state index contributed by atoms with van der Waals surface area (Å²) in [5.41, 5.74) is 4.97. The van der Waals surface area contributed by atoms with E-state index in [1.807, 2.05) is 30.3 Å². The third-order valence-electron chi connectivity index (χ3n) is 9.02. The van der Waals surface area contributed by atoms with Gasteiger partial charge in [-0.3, -0.25) is 9.59 Å². The number of nitrogens with zero attached hydrogens (tertiary/aromatic N) is 5. The van der Waals surface area contributed by atoms with E-state index in [1.165, 1.54) is 26.6 Å². The average molecular weight is 741 g/mol. The highest BCUT2D eigenvalue weighted by atomic mass is 35.5. The first-order chi connectivity index (χ1) is 22.3. The van der Waals surface area contributed by atoms with Crippen LogP contribution >= 0.6 is 63.5 Å². The monoisotopic (exact) mass is 739 g/mol. The number of carbonyl (C=O) groups is 2. The molecule has 0 spiro atoms. The van der Waals surface area contributed by atoms with Gasteiger partial charge in [0, 0.05) is 42.0 Å². The van der Waals surface area contributed by atoms with Gasteiger partial charge < -0.3 is 18.3 Å². The standard InChI is InChI=1S/C32H43N5O2P2S2.CH2Cl2/c1-5-9-18-33-27-28(34(31(33)42)19-10-6-2)41-24-23(25(38)37(26(24)39)22-16-14-13-15-17-22)40(27)29-30(41)36(21-12-8-4)32(43)35(29)20-11-7-3;2-1-3/h13-17,23-24H,5-12,18-21H2,1-4H3;1H2/t23-,24+,40?,41?;. The minimum Gasteiger partial charge on any atom is -0.316 e. The molecule has 4 aliphatic rings. The van der Waals surface area contributed by atoms with Gasteiger partial charge in [-0.25, -0.2) is 4.90 Å². The van der Waals surface area contributed by atoms with E-state index >= 15 is 0 Å². The molecule has 46 heavy (non-hydrogen) atoms. The molecular formula is C33H45Cl2N5O2P2S2. The Bertz CT molecular complexity index is 1510. The zero-order chi connectivity index (χ0) is 33.1. The summed E-state index contributed by atoms with van der Waals surface area (Å²) in [6.07, 6.45) is 8.40. The van der Waals surface area contributed by atoms with Crippen LogP contribution in [-0.2, 0) is 35.8 Å². The molecule has 2 atom stereocenters. The summed E-state index contributed by atoms with van der Waals surface area (Å²) in [6, 6.07) is 9.54. The van der Waals surface area contributed by atoms with Crippen LogP contribution in [0.3, 0.4) is 0 Å². The number of carbonyl (C=O) groups excluding carboxylic acids is 2. The number of aromatic nitrogens is 4. The van der Waals surface area contributed by atoms with Crippen molar-refractivity contribution in [3.8, 4) is 0 Å². The first-order valence-electron chi connectivity index (χ1n) is 16.6. The molecule has 2 bridgehead atoms. The molecule has 2 aromatic heterocycles. The fourth-order valence-corrected chi connectivity index (χ4v) is 16.1. The summed E-state index contributed by atoms with van der Waals surface area (Å²) < 4.78 is 11.3. The van der Waals surface area contributed by atoms with Crippen LogP contribution in [0.15, 0.2) is 30.3 Å². The summed E-state index contributed by atoms with van der Waals surface area (Å²) in [4.78, 5) is 30.7. The molecule has 3 aromatic rings. The normalized spacial score (nSPS) is 20.9. The predicted octanol–water partition coefficient (Wildman–Crippen LogP) is 7.48. The Labute approximate surface area is 295 Å². The minimum atomic E-state index is -1.20. The summed E-state index contributed by atoms with van der Waals surface area (Å²) in [6.45, 7) is 12.3. The first kappa shape index (κ1) is 36.0. The van der Waals surface area contributed by atoms with Crippen molar-refractivity contribution in [2.45, 2.75) is 117 Å². The zero-order valence-electron chi connectivity index (χ0n) is 27.3. The van der Waals surface area contributed by atoms with Crippen LogP contribution in [0, 0.1) is 9.54 Å². The topological polar surface area (TPSA) is 57.1 Å². The van der Waals surface area contributed by atoms with E-state index in [1.54, 1.807) is 0 Å². The molecule has 13 heteroatoms. The van der Waals surface area contributed by atoms with Gasteiger partial charge in [-0.1, -0.05) is 71.6 Å². The zero-order valence-corrected chi connectivity index (χ0v) is 32.2. The molecule has 1 aromatic carbocycles. The maximum absolute atomic E-state index is 14.6. The number of alkyl halides is 2. The van der Waals surface area contributed by atoms with E-state index in [0.717, 1.165) is 87.1 Å². The maximum Gasteiger partial charge on any atom is 0.243 e. The van der Waals surface area contributed by atoms with Crippen molar-refractivity contribution < 1.29 is 9.59 Å². The van der Waals surface area contributed by atoms with E-state index < -0.39 is 15.8 Å². The molecule has 6 heterocycles. The highest BCUT2D eigenvalue weighted by molar-refractivity contribution is 7.89. The minimum absolute atomic E-state index is 0.0420. The van der Waals surface area contributed by atoms with Gasteiger partial charge in [-0.05, 0) is 62.3 Å². The Morgan fingerprint density at radius 1 is 0.609 bits per heavy atom. The van der Waals surface area contributed by atoms with Crippen LogP contribution in [0.5, 0.6) is 0 Å². The van der Waals surface area contributed by atoms with E-state index in [2.05, 4.69) is 46.0 Å². The van der Waals surface area contributed by atoms with E-state index in [0.29, 0.717) is 5.69 Å². The van der Waals surface area contributed by atoms with Crippen LogP contribution in [-0.4, -0.2) is 46.7 Å². The molecule has 1 fully saturated rings. The molecule has 7 rings (SSSR count). The summed E-state index contributed by atoms with van der Waals surface area (Å²) in [7, 11) is -2.40. The summed E-state index contributed by atoms with van der Waals surface area (Å²) in [5, 5.41) is 0.194. The number of imide groups is 1. The van der Waals surface area contributed by atoms with Gasteiger partial charge in [-0.2, -0.15) is 0 Å². The number of benzene rings is 1. The van der Waals surface area contributed by atoms with Crippen LogP contribution in [0.4, 0.5) is 5.69 Å². The number of unbranched alkanes of at least 4 members (excludes halogenated alkanes) is 4. The molecule has 0 aliphatic carbocycles. The fourth-order valence-electron chi connectivity index (χ4n) is 6.86. The van der Waals surface area contributed by atoms with Crippen molar-refractivity contribution in [3.63, 3.8) is 0 Å². The summed E-state index contributed by atoms with van der Waals surface area (Å²) >= 11 is 22.0. The molecule has 0 N–H and O–H groups in total. The second-order valence-corrected chi connectivity index (χ2v) is 17.8. The largest absolute Gasteiger partial charge is 0.316 e. The van der Waals surface area contributed by atoms with Crippen molar-refractivity contribution in [3.05, 3.63) is 39.9 Å². The predicted molar refractivity (Wildman–Crippen MR) is 202 cm³/mol. The number of amides is 2. The molecule has 0 saturated carbocycles. The number of para-hydroxylation sites is 1. The van der Waals surface area contributed by atoms with Crippen molar-refractivity contribution in [1.29, 1.82) is 0 Å². The van der Waals surface area contributed by atoms with Crippen LogP contribution in [0.2, 0.25) is 0 Å². The molecule has 4 aliphatic heterocycles. The highest BCUT2D eigenvalue weighted by Gasteiger charge is 2.66. The van der Waals surface area contributed by atoms with Crippen molar-refractivity contribution >= 4 is 103 Å². The van der Waals surface area contributed by atoms with Crippen molar-refractivity contribution in [2.75, 3.05) is 10.2 Å².